The van der Waals surface area contributed by atoms with E-state index >= 15 is 0 Å². The summed E-state index contributed by atoms with van der Waals surface area (Å²) < 4.78 is 0. The highest BCUT2D eigenvalue weighted by Crippen LogP contribution is 2.26. The van der Waals surface area contributed by atoms with Crippen LogP contribution in [0.2, 0.25) is 0 Å². The fourth-order valence-electron chi connectivity index (χ4n) is 1.64. The number of hydrogen-bond donors (Lipinski definition) is 1. The molecular weight excluding hydrogens is 192 g/mol. The molecule has 1 aliphatic heterocycles. The molecule has 2 unspecified atom stereocenters. The van der Waals surface area contributed by atoms with E-state index in [-0.39, 0.29) is 0 Å². The average Bonchev–Trinajstić information content (AvgIpc) is 2.47. The van der Waals surface area contributed by atoms with Crippen molar-refractivity contribution in [2.75, 3.05) is 0 Å². The molecule has 1 aromatic carbocycles. The van der Waals surface area contributed by atoms with Crippen molar-refractivity contribution in [2.45, 2.75) is 24.6 Å². The number of rotatable bonds is 2. The summed E-state index contributed by atoms with van der Waals surface area (Å²) in [6, 6.07) is 10.8. The first-order valence-corrected chi connectivity index (χ1v) is 5.67. The molecular formula is C11H14N2S. The molecule has 2 atom stereocenters. The highest BCUT2D eigenvalue weighted by molar-refractivity contribution is 8.14. The number of nitrogens with two attached hydrogens (primary N) is 1. The summed E-state index contributed by atoms with van der Waals surface area (Å²) in [7, 11) is 0. The Morgan fingerprint density at radius 1 is 1.36 bits per heavy atom. The summed E-state index contributed by atoms with van der Waals surface area (Å²) in [6.45, 7) is 2.18. The van der Waals surface area contributed by atoms with E-state index in [1.807, 2.05) is 6.07 Å². The van der Waals surface area contributed by atoms with E-state index in [1.54, 1.807) is 11.8 Å². The van der Waals surface area contributed by atoms with Gasteiger partial charge in [-0.25, -0.2) is 0 Å². The quantitative estimate of drug-likeness (QED) is 0.804. The van der Waals surface area contributed by atoms with Crippen molar-refractivity contribution in [1.29, 1.82) is 0 Å². The van der Waals surface area contributed by atoms with Gasteiger partial charge in [0, 0.05) is 5.25 Å². The fourth-order valence-corrected chi connectivity index (χ4v) is 2.53. The van der Waals surface area contributed by atoms with Gasteiger partial charge in [-0.15, -0.1) is 0 Å². The number of benzene rings is 1. The van der Waals surface area contributed by atoms with Crippen LogP contribution in [-0.2, 0) is 6.42 Å². The topological polar surface area (TPSA) is 38.4 Å². The lowest BCUT2D eigenvalue weighted by Gasteiger charge is -2.11. The van der Waals surface area contributed by atoms with Crippen molar-refractivity contribution >= 4 is 16.9 Å². The second kappa shape index (κ2) is 4.05. The van der Waals surface area contributed by atoms with Gasteiger partial charge in [0.25, 0.3) is 0 Å². The van der Waals surface area contributed by atoms with Crippen LogP contribution in [0.3, 0.4) is 0 Å². The summed E-state index contributed by atoms with van der Waals surface area (Å²) in [5.41, 5.74) is 7.02. The molecule has 0 saturated heterocycles. The van der Waals surface area contributed by atoms with Crippen LogP contribution in [0.4, 0.5) is 0 Å². The zero-order valence-electron chi connectivity index (χ0n) is 8.18. The van der Waals surface area contributed by atoms with Gasteiger partial charge in [0.1, 0.15) is 0 Å². The molecule has 3 heteroatoms. The molecule has 14 heavy (non-hydrogen) atoms. The van der Waals surface area contributed by atoms with Crippen molar-refractivity contribution in [2.24, 2.45) is 10.7 Å². The van der Waals surface area contributed by atoms with Gasteiger partial charge < -0.3 is 5.73 Å². The third-order valence-electron chi connectivity index (χ3n) is 2.43. The van der Waals surface area contributed by atoms with Gasteiger partial charge in [0.15, 0.2) is 5.17 Å². The molecule has 0 saturated carbocycles. The monoisotopic (exact) mass is 206 g/mol. The third kappa shape index (κ3) is 2.10. The van der Waals surface area contributed by atoms with Crippen molar-refractivity contribution < 1.29 is 0 Å². The van der Waals surface area contributed by atoms with Crippen LogP contribution in [-0.4, -0.2) is 16.5 Å². The minimum absolute atomic E-state index is 0.349. The molecule has 0 aromatic heterocycles. The molecule has 0 radical (unpaired) electrons. The lowest BCUT2D eigenvalue weighted by Crippen LogP contribution is -2.16. The van der Waals surface area contributed by atoms with Gasteiger partial charge in [-0.05, 0) is 12.0 Å². The summed E-state index contributed by atoms with van der Waals surface area (Å²) in [6.07, 6.45) is 0.996. The molecule has 0 fully saturated rings. The van der Waals surface area contributed by atoms with E-state index in [0.717, 1.165) is 11.6 Å². The predicted molar refractivity (Wildman–Crippen MR) is 62.6 cm³/mol. The zero-order valence-corrected chi connectivity index (χ0v) is 9.00. The van der Waals surface area contributed by atoms with Gasteiger partial charge in [-0.1, -0.05) is 49.0 Å². The van der Waals surface area contributed by atoms with E-state index < -0.39 is 0 Å². The maximum Gasteiger partial charge on any atom is 0.154 e. The van der Waals surface area contributed by atoms with Crippen molar-refractivity contribution in [3.05, 3.63) is 35.9 Å². The first-order chi connectivity index (χ1) is 6.75. The Hall–Kier alpha value is -0.960. The number of amidine groups is 1. The average molecular weight is 206 g/mol. The van der Waals surface area contributed by atoms with Crippen LogP contribution >= 0.6 is 11.8 Å². The fraction of sp³-hybridized carbons (Fsp3) is 0.364. The molecule has 0 aliphatic carbocycles. The number of nitrogens with zero attached hydrogens (tertiary/aromatic N) is 1. The lowest BCUT2D eigenvalue weighted by molar-refractivity contribution is 0.675. The Balaban J connectivity index is 2.05. The SMILES string of the molecule is CC1SC(N)=NC1Cc1ccccc1. The van der Waals surface area contributed by atoms with E-state index in [2.05, 4.69) is 36.2 Å². The van der Waals surface area contributed by atoms with E-state index in [0.29, 0.717) is 11.3 Å². The van der Waals surface area contributed by atoms with E-state index in [9.17, 15) is 0 Å². The summed E-state index contributed by atoms with van der Waals surface area (Å²) >= 11 is 1.68. The van der Waals surface area contributed by atoms with Crippen LogP contribution in [0.15, 0.2) is 35.3 Å². The normalized spacial score (nSPS) is 26.2. The summed E-state index contributed by atoms with van der Waals surface area (Å²) in [4.78, 5) is 4.42. The standard InChI is InChI=1S/C11H14N2S/c1-8-10(13-11(12)14-8)7-9-5-3-2-4-6-9/h2-6,8,10H,7H2,1H3,(H2,12,13). The van der Waals surface area contributed by atoms with Crippen LogP contribution in [0.5, 0.6) is 0 Å². The molecule has 0 amide bonds. The first kappa shape index (κ1) is 9.59. The predicted octanol–water partition coefficient (Wildman–Crippen LogP) is 2.05. The van der Waals surface area contributed by atoms with Crippen molar-refractivity contribution in [1.82, 2.24) is 0 Å². The smallest absolute Gasteiger partial charge is 0.154 e. The van der Waals surface area contributed by atoms with Crippen molar-refractivity contribution in [3.63, 3.8) is 0 Å². The second-order valence-corrected chi connectivity index (χ2v) is 4.94. The molecule has 1 aliphatic rings. The van der Waals surface area contributed by atoms with Crippen molar-refractivity contribution in [3.8, 4) is 0 Å². The lowest BCUT2D eigenvalue weighted by atomic mass is 10.0. The molecule has 1 heterocycles. The van der Waals surface area contributed by atoms with E-state index in [4.69, 9.17) is 5.73 Å². The zero-order chi connectivity index (χ0) is 9.97. The van der Waals surface area contributed by atoms with Gasteiger partial charge in [-0.3, -0.25) is 4.99 Å². The Kier molecular flexibility index (Phi) is 2.77. The minimum Gasteiger partial charge on any atom is -0.379 e. The third-order valence-corrected chi connectivity index (χ3v) is 3.46. The van der Waals surface area contributed by atoms with Gasteiger partial charge in [0.2, 0.25) is 0 Å². The van der Waals surface area contributed by atoms with Crippen LogP contribution in [0.1, 0.15) is 12.5 Å². The number of hydrogen-bond acceptors (Lipinski definition) is 3. The highest BCUT2D eigenvalue weighted by Gasteiger charge is 2.24. The maximum atomic E-state index is 5.68. The Labute approximate surface area is 88.6 Å². The molecule has 0 bridgehead atoms. The van der Waals surface area contributed by atoms with Crippen LogP contribution in [0, 0.1) is 0 Å². The van der Waals surface area contributed by atoms with Crippen LogP contribution < -0.4 is 5.73 Å². The molecule has 1 aromatic rings. The maximum absolute atomic E-state index is 5.68. The molecule has 2 N–H and O–H groups in total. The Bertz CT molecular complexity index is 334. The van der Waals surface area contributed by atoms with Gasteiger partial charge in [-0.2, -0.15) is 0 Å². The Morgan fingerprint density at radius 2 is 2.07 bits per heavy atom. The summed E-state index contributed by atoms with van der Waals surface area (Å²) in [5, 5.41) is 1.24. The minimum atomic E-state index is 0.349. The molecule has 2 rings (SSSR count). The second-order valence-electron chi connectivity index (χ2n) is 3.55. The van der Waals surface area contributed by atoms with Gasteiger partial charge >= 0.3 is 0 Å². The van der Waals surface area contributed by atoms with Crippen LogP contribution in [0.25, 0.3) is 0 Å². The van der Waals surface area contributed by atoms with Gasteiger partial charge in [0.05, 0.1) is 6.04 Å². The largest absolute Gasteiger partial charge is 0.379 e. The summed E-state index contributed by atoms with van der Waals surface area (Å²) in [5.74, 6) is 0. The Morgan fingerprint density at radius 3 is 2.64 bits per heavy atom. The highest BCUT2D eigenvalue weighted by atomic mass is 32.2. The first-order valence-electron chi connectivity index (χ1n) is 4.79. The number of thioether (sulfide) groups is 1. The molecule has 74 valence electrons. The number of aliphatic imine (C=N–C) groups is 1. The molecule has 0 spiro atoms. The molecule has 2 nitrogen and oxygen atoms in total. The van der Waals surface area contributed by atoms with E-state index in [1.165, 1.54) is 5.56 Å².